The quantitative estimate of drug-likeness (QED) is 0.0691. The molecule has 0 aromatic heterocycles. The van der Waals surface area contributed by atoms with Gasteiger partial charge >= 0.3 is 0 Å². The minimum absolute atomic E-state index is 0.152. The molecule has 1 atom stereocenters. The van der Waals surface area contributed by atoms with Gasteiger partial charge in [-0.2, -0.15) is 0 Å². The maximum atomic E-state index is 11.6. The first-order chi connectivity index (χ1) is 16.6. The van der Waals surface area contributed by atoms with Crippen LogP contribution in [-0.4, -0.2) is 6.29 Å². The molecule has 0 spiro atoms. The highest BCUT2D eigenvalue weighted by atomic mass is 16.1. The van der Waals surface area contributed by atoms with Crippen LogP contribution in [-0.2, 0) is 4.79 Å². The predicted molar refractivity (Wildman–Crippen MR) is 155 cm³/mol. The molecule has 0 aliphatic rings. The Morgan fingerprint density at radius 2 is 0.912 bits per heavy atom. The van der Waals surface area contributed by atoms with Gasteiger partial charge in [-0.1, -0.05) is 148 Å². The van der Waals surface area contributed by atoms with Gasteiger partial charge in [-0.25, -0.2) is 0 Å². The number of carbonyl (C=O) groups excluding carboxylic acids is 1. The smallest absolute Gasteiger partial charge is 0.125 e. The summed E-state index contributed by atoms with van der Waals surface area (Å²) < 4.78 is 0. The van der Waals surface area contributed by atoms with Crippen molar-refractivity contribution in [2.24, 2.45) is 11.3 Å². The topological polar surface area (TPSA) is 17.1 Å². The van der Waals surface area contributed by atoms with Crippen LogP contribution < -0.4 is 0 Å². The molecule has 0 N–H and O–H groups in total. The Bertz CT molecular complexity index is 473. The van der Waals surface area contributed by atoms with Crippen molar-refractivity contribution in [1.29, 1.82) is 0 Å². The summed E-state index contributed by atoms with van der Waals surface area (Å²) in [5, 5.41) is 0. The van der Waals surface area contributed by atoms with Gasteiger partial charge in [0.2, 0.25) is 0 Å². The fraction of sp³-hybridized carbons (Fsp3) is 0.848. The average molecular weight is 475 g/mol. The molecule has 0 radical (unpaired) electrons. The summed E-state index contributed by atoms with van der Waals surface area (Å²) in [5.41, 5.74) is -0.152. The lowest BCUT2D eigenvalue weighted by molar-refractivity contribution is -0.117. The van der Waals surface area contributed by atoms with Gasteiger partial charge in [-0.05, 0) is 50.9 Å². The summed E-state index contributed by atoms with van der Waals surface area (Å²) in [4.78, 5) is 11.6. The Labute approximate surface area is 215 Å². The molecule has 0 amide bonds. The van der Waals surface area contributed by atoms with E-state index in [0.717, 1.165) is 6.42 Å². The average Bonchev–Trinajstić information content (AvgIpc) is 2.83. The maximum Gasteiger partial charge on any atom is 0.125 e. The van der Waals surface area contributed by atoms with Crippen LogP contribution in [0.25, 0.3) is 0 Å². The SMILES string of the molecule is CCCCCC=CCC=CCCCCCCCCCC(CCCCCCCCC)C(C)(C)C=O. The summed E-state index contributed by atoms with van der Waals surface area (Å²) in [5.74, 6) is 0.568. The second-order valence-corrected chi connectivity index (χ2v) is 11.3. The molecule has 0 fully saturated rings. The Kier molecular flexibility index (Phi) is 24.6. The summed E-state index contributed by atoms with van der Waals surface area (Å²) in [6.45, 7) is 8.86. The van der Waals surface area contributed by atoms with E-state index in [0.29, 0.717) is 5.92 Å². The minimum atomic E-state index is -0.152. The second kappa shape index (κ2) is 25.2. The first-order valence-electron chi connectivity index (χ1n) is 15.3. The fourth-order valence-electron chi connectivity index (χ4n) is 4.89. The Morgan fingerprint density at radius 3 is 1.38 bits per heavy atom. The highest BCUT2D eigenvalue weighted by Gasteiger charge is 2.27. The lowest BCUT2D eigenvalue weighted by Crippen LogP contribution is -2.25. The van der Waals surface area contributed by atoms with Gasteiger partial charge < -0.3 is 4.79 Å². The summed E-state index contributed by atoms with van der Waals surface area (Å²) in [7, 11) is 0. The van der Waals surface area contributed by atoms with E-state index in [1.807, 2.05) is 0 Å². The fourth-order valence-corrected chi connectivity index (χ4v) is 4.89. The van der Waals surface area contributed by atoms with E-state index in [-0.39, 0.29) is 5.41 Å². The van der Waals surface area contributed by atoms with Crippen LogP contribution >= 0.6 is 0 Å². The monoisotopic (exact) mass is 474 g/mol. The Morgan fingerprint density at radius 1 is 0.529 bits per heavy atom. The normalized spacial score (nSPS) is 13.3. The molecular weight excluding hydrogens is 412 g/mol. The summed E-state index contributed by atoms with van der Waals surface area (Å²) in [6.07, 6.45) is 39.7. The molecule has 0 aliphatic carbocycles. The van der Waals surface area contributed by atoms with Crippen LogP contribution in [0.4, 0.5) is 0 Å². The predicted octanol–water partition coefficient (Wildman–Crippen LogP) is 11.6. The number of hydrogen-bond acceptors (Lipinski definition) is 1. The molecule has 0 heterocycles. The van der Waals surface area contributed by atoms with E-state index < -0.39 is 0 Å². The van der Waals surface area contributed by atoms with Gasteiger partial charge in [0.15, 0.2) is 0 Å². The maximum absolute atomic E-state index is 11.6. The van der Waals surface area contributed by atoms with Crippen LogP contribution in [0.3, 0.4) is 0 Å². The van der Waals surface area contributed by atoms with E-state index in [4.69, 9.17) is 0 Å². The molecule has 0 aromatic carbocycles. The van der Waals surface area contributed by atoms with Gasteiger partial charge in [0.1, 0.15) is 6.29 Å². The molecule has 0 rings (SSSR count). The van der Waals surface area contributed by atoms with Crippen molar-refractivity contribution < 1.29 is 4.79 Å². The zero-order valence-electron chi connectivity index (χ0n) is 23.9. The van der Waals surface area contributed by atoms with Crippen LogP contribution in [0.2, 0.25) is 0 Å². The number of unbranched alkanes of at least 4 members (excludes halogenated alkanes) is 16. The lowest BCUT2D eigenvalue weighted by atomic mass is 9.74. The van der Waals surface area contributed by atoms with Crippen molar-refractivity contribution in [2.45, 2.75) is 169 Å². The van der Waals surface area contributed by atoms with Crippen LogP contribution in [0.1, 0.15) is 169 Å². The minimum Gasteiger partial charge on any atom is -0.303 e. The molecule has 0 bridgehead atoms. The summed E-state index contributed by atoms with van der Waals surface area (Å²) in [6, 6.07) is 0. The molecule has 34 heavy (non-hydrogen) atoms. The number of hydrogen-bond donors (Lipinski definition) is 0. The van der Waals surface area contributed by atoms with Gasteiger partial charge in [0.25, 0.3) is 0 Å². The van der Waals surface area contributed by atoms with Gasteiger partial charge in [-0.3, -0.25) is 0 Å². The third-order valence-electron chi connectivity index (χ3n) is 7.52. The van der Waals surface area contributed by atoms with Crippen molar-refractivity contribution in [2.75, 3.05) is 0 Å². The van der Waals surface area contributed by atoms with Crippen LogP contribution in [0, 0.1) is 11.3 Å². The lowest BCUT2D eigenvalue weighted by Gasteiger charge is -2.29. The third-order valence-corrected chi connectivity index (χ3v) is 7.52. The zero-order chi connectivity index (χ0) is 25.2. The van der Waals surface area contributed by atoms with E-state index in [1.165, 1.54) is 141 Å². The number of rotatable bonds is 26. The molecule has 200 valence electrons. The van der Waals surface area contributed by atoms with Crippen molar-refractivity contribution in [1.82, 2.24) is 0 Å². The molecular formula is C33H62O. The third kappa shape index (κ3) is 21.7. The second-order valence-electron chi connectivity index (χ2n) is 11.3. The number of allylic oxidation sites excluding steroid dienone is 4. The Hall–Kier alpha value is -0.850. The molecule has 0 aromatic rings. The molecule has 1 unspecified atom stereocenters. The van der Waals surface area contributed by atoms with Gasteiger partial charge in [0.05, 0.1) is 0 Å². The van der Waals surface area contributed by atoms with E-state index in [1.54, 1.807) is 0 Å². The molecule has 0 aliphatic heterocycles. The molecule has 1 nitrogen and oxygen atoms in total. The highest BCUT2D eigenvalue weighted by Crippen LogP contribution is 2.33. The van der Waals surface area contributed by atoms with E-state index in [2.05, 4.69) is 52.0 Å². The number of aldehydes is 1. The molecule has 0 saturated heterocycles. The van der Waals surface area contributed by atoms with E-state index >= 15 is 0 Å². The van der Waals surface area contributed by atoms with Crippen LogP contribution in [0.15, 0.2) is 24.3 Å². The standard InChI is InChI=1S/C33H62O/c1-5-7-9-11-13-14-15-16-17-18-19-20-21-22-24-26-28-30-32(33(3,4)31-34)29-27-25-23-12-10-8-6-2/h13-14,16-17,31-32H,5-12,15,18-30H2,1-4H3. The van der Waals surface area contributed by atoms with Crippen molar-refractivity contribution in [3.63, 3.8) is 0 Å². The van der Waals surface area contributed by atoms with Crippen LogP contribution in [0.5, 0.6) is 0 Å². The number of carbonyl (C=O) groups is 1. The molecule has 1 heteroatoms. The Balaban J connectivity index is 3.71. The first-order valence-corrected chi connectivity index (χ1v) is 15.3. The van der Waals surface area contributed by atoms with Crippen molar-refractivity contribution in [3.05, 3.63) is 24.3 Å². The summed E-state index contributed by atoms with van der Waals surface area (Å²) >= 11 is 0. The molecule has 0 saturated carbocycles. The largest absolute Gasteiger partial charge is 0.303 e. The highest BCUT2D eigenvalue weighted by molar-refractivity contribution is 5.58. The zero-order valence-corrected chi connectivity index (χ0v) is 23.9. The van der Waals surface area contributed by atoms with Crippen molar-refractivity contribution >= 4 is 6.29 Å². The van der Waals surface area contributed by atoms with Gasteiger partial charge in [-0.15, -0.1) is 0 Å². The van der Waals surface area contributed by atoms with Gasteiger partial charge in [0, 0.05) is 5.41 Å². The van der Waals surface area contributed by atoms with Crippen molar-refractivity contribution in [3.8, 4) is 0 Å². The first kappa shape index (κ1) is 33.1. The van der Waals surface area contributed by atoms with E-state index in [9.17, 15) is 4.79 Å².